The monoisotopic (exact) mass is 1880 g/mol. The minimum Gasteiger partial charge on any atom is -0.489 e. The summed E-state index contributed by atoms with van der Waals surface area (Å²) in [4.78, 5) is 66.1. The van der Waals surface area contributed by atoms with Crippen LogP contribution in [0.15, 0.2) is 185 Å². The molecule has 0 fully saturated rings. The molecule has 0 spiro atoms. The highest BCUT2D eigenvalue weighted by molar-refractivity contribution is 6.45. The number of benzene rings is 7. The summed E-state index contributed by atoms with van der Waals surface area (Å²) >= 11 is 0. The zero-order valence-electron chi connectivity index (χ0n) is 83.8. The Morgan fingerprint density at radius 3 is 0.565 bits per heavy atom. The van der Waals surface area contributed by atoms with Crippen LogP contribution in [-0.2, 0) is 81.6 Å². The van der Waals surface area contributed by atoms with E-state index in [0.717, 1.165) is 264 Å². The molecular formula is C114H156N14O10+6. The first kappa shape index (κ1) is 101. The maximum Gasteiger partial charge on any atom is 0.265 e. The van der Waals surface area contributed by atoms with Gasteiger partial charge in [-0.05, 0) is 172 Å². The summed E-state index contributed by atoms with van der Waals surface area (Å²) in [5.74, 6) is 0.959. The average Bonchev–Trinajstić information content (AvgIpc) is 0.785. The van der Waals surface area contributed by atoms with Gasteiger partial charge in [0.15, 0.2) is 23.0 Å². The predicted molar refractivity (Wildman–Crippen MR) is 543 cm³/mol. The summed E-state index contributed by atoms with van der Waals surface area (Å²) in [6.45, 7) is 8.75. The molecule has 24 heteroatoms. The van der Waals surface area contributed by atoms with Crippen molar-refractivity contribution in [2.45, 2.75) is 309 Å². The first-order valence-corrected chi connectivity index (χ1v) is 52.8. The van der Waals surface area contributed by atoms with E-state index in [9.17, 15) is 0 Å². The number of carbonyl (C=O) groups is 4. The van der Waals surface area contributed by atoms with E-state index in [0.29, 0.717) is 119 Å². The SMILES string of the molecule is C[n+]1ccn(CCCCCCCCCOc2cc(N3C(=O)c4ccc5c6ccc7c8c(ccc(c9ccc(c4c59)C3=O)c86)C(=O)N(c3cc(OCCCCCCCCCn4cc[n+](C)c4)c(OCCCCCCCCCn4cc[n+](C)c4)c(OCCCCCCCCCn4cc[n+](C)c4)c3)C7=O)cc(OCCCCCCCCCn3cc[n+](C)c3)c2OCCCCCCCCCn2cc[n+](C)c2)c1. The second-order valence-corrected chi connectivity index (χ2v) is 39.4. The number of hydrogen-bond acceptors (Lipinski definition) is 10. The molecule has 2 aliphatic rings. The molecule has 0 saturated carbocycles. The van der Waals surface area contributed by atoms with E-state index in [4.69, 9.17) is 28.4 Å². The number of imidazole rings is 6. The van der Waals surface area contributed by atoms with Gasteiger partial charge < -0.3 is 28.4 Å². The zero-order valence-corrected chi connectivity index (χ0v) is 83.8. The van der Waals surface area contributed by atoms with E-state index < -0.39 is 23.6 Å². The van der Waals surface area contributed by atoms with Crippen molar-refractivity contribution in [1.29, 1.82) is 0 Å². The maximum absolute atomic E-state index is 15.9. The molecule has 4 amide bonds. The topological polar surface area (TPSA) is 183 Å². The molecule has 0 aliphatic carbocycles. The highest BCUT2D eigenvalue weighted by Crippen LogP contribution is 2.51. The fraction of sp³-hybridized carbons (Fsp3) is 0.526. The fourth-order valence-corrected chi connectivity index (χ4v) is 20.4. The van der Waals surface area contributed by atoms with Crippen molar-refractivity contribution in [3.8, 4) is 34.5 Å². The number of amides is 4. The number of ether oxygens (including phenoxy) is 6. The lowest BCUT2D eigenvalue weighted by molar-refractivity contribution is -0.671. The quantitative estimate of drug-likeness (QED) is 0.0117. The van der Waals surface area contributed by atoms with Gasteiger partial charge in [-0.25, -0.2) is 64.6 Å². The van der Waals surface area contributed by atoms with Crippen LogP contribution in [-0.4, -0.2) is 90.7 Å². The van der Waals surface area contributed by atoms with Gasteiger partial charge in [0.1, 0.15) is 74.4 Å². The number of imide groups is 2. The van der Waals surface area contributed by atoms with Crippen LogP contribution in [0.3, 0.4) is 0 Å². The maximum atomic E-state index is 15.9. The van der Waals surface area contributed by atoms with Gasteiger partial charge in [-0.15, -0.1) is 0 Å². The minimum atomic E-state index is -0.461. The van der Waals surface area contributed by atoms with E-state index in [1.165, 1.54) is 86.8 Å². The van der Waals surface area contributed by atoms with Crippen molar-refractivity contribution in [3.63, 3.8) is 0 Å². The zero-order chi connectivity index (χ0) is 95.6. The molecule has 0 unspecified atom stereocenters. The highest BCUT2D eigenvalue weighted by Gasteiger charge is 2.40. The fourth-order valence-electron chi connectivity index (χ4n) is 20.4. The van der Waals surface area contributed by atoms with Crippen LogP contribution >= 0.6 is 0 Å². The number of aromatic nitrogens is 12. The Hall–Kier alpha value is -11.8. The van der Waals surface area contributed by atoms with E-state index in [1.54, 1.807) is 0 Å². The molecule has 0 radical (unpaired) electrons. The van der Waals surface area contributed by atoms with Gasteiger partial charge in [0.05, 0.1) is 133 Å². The third-order valence-electron chi connectivity index (χ3n) is 28.0. The number of aryl methyl sites for hydroxylation is 12. The number of fused-ring (bicyclic) bond motifs is 2. The first-order chi connectivity index (χ1) is 67.7. The number of anilines is 2. The predicted octanol–water partition coefficient (Wildman–Crippen LogP) is 22.0. The molecule has 736 valence electrons. The Kier molecular flexibility index (Phi) is 38.1. The van der Waals surface area contributed by atoms with Gasteiger partial charge in [0, 0.05) is 57.3 Å². The molecule has 2 aliphatic heterocycles. The van der Waals surface area contributed by atoms with Gasteiger partial charge in [-0.2, -0.15) is 0 Å². The van der Waals surface area contributed by atoms with Crippen molar-refractivity contribution in [3.05, 3.63) is 207 Å². The van der Waals surface area contributed by atoms with E-state index in [1.807, 2.05) is 72.8 Å². The minimum absolute atomic E-state index is 0.347. The summed E-state index contributed by atoms with van der Waals surface area (Å²) < 4.78 is 67.3. The Labute approximate surface area is 818 Å². The molecule has 0 saturated heterocycles. The van der Waals surface area contributed by atoms with Crippen LogP contribution in [0, 0.1) is 0 Å². The number of carbonyl (C=O) groups excluding carboxylic acids is 4. The molecular weight excluding hydrogens is 1730 g/mol. The molecule has 0 atom stereocenters. The van der Waals surface area contributed by atoms with Gasteiger partial charge in [-0.1, -0.05) is 178 Å². The summed E-state index contributed by atoms with van der Waals surface area (Å²) in [6, 6.07) is 22.6. The molecule has 138 heavy (non-hydrogen) atoms. The molecule has 24 nitrogen and oxygen atoms in total. The van der Waals surface area contributed by atoms with Gasteiger partial charge in [0.25, 0.3) is 23.6 Å². The standard InChI is InChI=1S/C114H156N14O10/c1-115-63-69-121(85-115)57-37-25-13-7-19-31-43-75-133-101-81-91(82-102(134-76-44-32-20-8-14-26-38-58-122-70-64-116(2)86-122)109(101)137-79-47-35-23-11-17-29-41-61-125-73-67-119(5)89-125)127-111(129)97-53-49-93-95-51-55-99-108-100(56-52-96(106(95)108)94-50-54-98(112(127)130)107(97)105(93)94)114(132)128(113(99)131)92-83-103(135-77-45-33-21-9-15-27-39-59-123-71-65-117(3)87-123)110(138-80-48-36-24-12-18-30-42-62-126-74-68-120(6)90-126)104(84-92)136-78-46-34-22-10-16-28-40-60-124-72-66-118(4)88-124/h49-56,63-74,81-90H,7-48,57-62,75-80H2,1-6H3/q+6. The van der Waals surface area contributed by atoms with Crippen molar-refractivity contribution >= 4 is 78.1 Å². The largest absolute Gasteiger partial charge is 0.489 e. The number of hydrogen-bond donors (Lipinski definition) is 0. The van der Waals surface area contributed by atoms with Gasteiger partial charge in [0.2, 0.25) is 49.5 Å². The van der Waals surface area contributed by atoms with Crippen LogP contribution in [0.25, 0.3) is 43.1 Å². The van der Waals surface area contributed by atoms with Crippen molar-refractivity contribution in [2.24, 2.45) is 42.3 Å². The van der Waals surface area contributed by atoms with Crippen LogP contribution in [0.2, 0.25) is 0 Å². The summed E-state index contributed by atoms with van der Waals surface area (Å²) in [6.07, 6.45) is 83.8. The Morgan fingerprint density at radius 2 is 0.384 bits per heavy atom. The van der Waals surface area contributed by atoms with Crippen molar-refractivity contribution in [1.82, 2.24) is 27.4 Å². The summed E-state index contributed by atoms with van der Waals surface area (Å²) in [5, 5.41) is 5.88. The van der Waals surface area contributed by atoms with E-state index in [-0.39, 0.29) is 0 Å². The first-order valence-electron chi connectivity index (χ1n) is 52.8. The lowest BCUT2D eigenvalue weighted by atomic mass is 9.82. The number of rotatable bonds is 68. The lowest BCUT2D eigenvalue weighted by Gasteiger charge is -2.31. The third-order valence-corrected chi connectivity index (χ3v) is 28.0. The molecule has 0 N–H and O–H groups in total. The summed E-state index contributed by atoms with van der Waals surface area (Å²) in [5.41, 5.74) is 2.24. The second-order valence-electron chi connectivity index (χ2n) is 39.4. The van der Waals surface area contributed by atoms with Crippen LogP contribution in [0.5, 0.6) is 34.5 Å². The highest BCUT2D eigenvalue weighted by atomic mass is 16.5. The Balaban J connectivity index is 0.672. The summed E-state index contributed by atoms with van der Waals surface area (Å²) in [7, 11) is 12.4. The lowest BCUT2D eigenvalue weighted by Crippen LogP contribution is -2.40. The van der Waals surface area contributed by atoms with Crippen LogP contribution in [0.1, 0.15) is 311 Å². The molecule has 13 aromatic rings. The molecule has 8 heterocycles. The smallest absolute Gasteiger partial charge is 0.265 e. The van der Waals surface area contributed by atoms with E-state index >= 15 is 19.2 Å². The normalized spacial score (nSPS) is 12.7. The average molecular weight is 1880 g/mol. The third kappa shape index (κ3) is 27.8. The number of unbranched alkanes of at least 4 members (excludes halogenated alkanes) is 36. The van der Waals surface area contributed by atoms with Gasteiger partial charge >= 0.3 is 0 Å². The van der Waals surface area contributed by atoms with Crippen molar-refractivity contribution in [2.75, 3.05) is 49.4 Å². The second kappa shape index (κ2) is 52.3. The Bertz CT molecular complexity index is 5400. The molecule has 0 bridgehead atoms. The molecule has 6 aromatic heterocycles. The molecule has 15 rings (SSSR count). The molecule has 7 aromatic carbocycles. The van der Waals surface area contributed by atoms with Crippen molar-refractivity contribution < 1.29 is 75.0 Å². The Morgan fingerprint density at radius 1 is 0.210 bits per heavy atom. The van der Waals surface area contributed by atoms with Gasteiger partial charge in [-0.3, -0.25) is 19.2 Å². The van der Waals surface area contributed by atoms with E-state index in [2.05, 4.69) is 209 Å². The number of nitrogens with zero attached hydrogens (tertiary/aromatic N) is 14. The van der Waals surface area contributed by atoms with Crippen LogP contribution in [0.4, 0.5) is 11.4 Å². The van der Waals surface area contributed by atoms with Crippen LogP contribution < -0.4 is 65.6 Å².